The zero-order chi connectivity index (χ0) is 26.9. The molecule has 0 spiro atoms. The topological polar surface area (TPSA) is 105 Å². The molecule has 0 amide bonds. The third-order valence-electron chi connectivity index (χ3n) is 6.62. The van der Waals surface area contributed by atoms with E-state index < -0.39 is 10.0 Å². The van der Waals surface area contributed by atoms with Gasteiger partial charge in [0.1, 0.15) is 10.6 Å². The fourth-order valence-electron chi connectivity index (χ4n) is 4.38. The molecule has 1 aliphatic rings. The summed E-state index contributed by atoms with van der Waals surface area (Å²) < 4.78 is 36.3. The molecule has 3 heterocycles. The molecule has 2 aromatic carbocycles. The molecule has 1 fully saturated rings. The van der Waals surface area contributed by atoms with Crippen LogP contribution in [0.1, 0.15) is 11.1 Å². The molecule has 0 radical (unpaired) electrons. The van der Waals surface area contributed by atoms with Crippen molar-refractivity contribution in [2.24, 2.45) is 7.05 Å². The number of rotatable bonds is 7. The van der Waals surface area contributed by atoms with E-state index in [0.717, 1.165) is 43.0 Å². The number of nitrogens with zero attached hydrogens (tertiary/aromatic N) is 6. The summed E-state index contributed by atoms with van der Waals surface area (Å²) in [6, 6.07) is 15.7. The van der Waals surface area contributed by atoms with E-state index in [0.29, 0.717) is 17.0 Å². The molecule has 10 nitrogen and oxygen atoms in total. The van der Waals surface area contributed by atoms with Gasteiger partial charge in [-0.25, -0.2) is 18.1 Å². The molecule has 38 heavy (non-hydrogen) atoms. The normalized spacial score (nSPS) is 14.5. The molecule has 11 heteroatoms. The predicted octanol–water partition coefficient (Wildman–Crippen LogP) is 3.84. The first-order valence-corrected chi connectivity index (χ1v) is 13.9. The minimum absolute atomic E-state index is 0.0176. The number of aromatic nitrogens is 4. The largest absolute Gasteiger partial charge is 0.438 e. The standard InChI is InChI=1S/C27H31N7O3S/c1-19-8-5-6-11-24(19)25-20(2)26(30-27(29-25)31-38(35,36)23-17-28-33(4)18-23)37-22-10-7-9-21(16-22)34-14-12-32(3)13-15-34/h5-11,16-18H,12-15H2,1-4H3,(H,29,30,31). The first-order valence-electron chi connectivity index (χ1n) is 12.4. The van der Waals surface area contributed by atoms with Gasteiger partial charge in [-0.05, 0) is 38.6 Å². The zero-order valence-corrected chi connectivity index (χ0v) is 22.7. The first-order chi connectivity index (χ1) is 18.2. The second-order valence-corrected chi connectivity index (χ2v) is 11.2. The van der Waals surface area contributed by atoms with Gasteiger partial charge in [-0.15, -0.1) is 0 Å². The van der Waals surface area contributed by atoms with Crippen LogP contribution in [0, 0.1) is 13.8 Å². The van der Waals surface area contributed by atoms with Crippen molar-refractivity contribution in [3.8, 4) is 22.9 Å². The molecule has 198 valence electrons. The zero-order valence-electron chi connectivity index (χ0n) is 21.9. The van der Waals surface area contributed by atoms with Crippen molar-refractivity contribution in [3.05, 3.63) is 72.1 Å². The van der Waals surface area contributed by atoms with E-state index in [-0.39, 0.29) is 16.7 Å². The first kappa shape index (κ1) is 25.7. The van der Waals surface area contributed by atoms with Gasteiger partial charge in [-0.3, -0.25) is 4.68 Å². The molecule has 1 N–H and O–H groups in total. The Morgan fingerprint density at radius 2 is 1.71 bits per heavy atom. The predicted molar refractivity (Wildman–Crippen MR) is 147 cm³/mol. The lowest BCUT2D eigenvalue weighted by Crippen LogP contribution is -2.44. The lowest BCUT2D eigenvalue weighted by molar-refractivity contribution is 0.312. The average Bonchev–Trinajstić information content (AvgIpc) is 3.34. The number of aryl methyl sites for hydroxylation is 2. The molecular formula is C27H31N7O3S. The van der Waals surface area contributed by atoms with Crippen molar-refractivity contribution < 1.29 is 13.2 Å². The van der Waals surface area contributed by atoms with Crippen LogP contribution in [0.4, 0.5) is 11.6 Å². The lowest BCUT2D eigenvalue weighted by atomic mass is 10.0. The Morgan fingerprint density at radius 3 is 2.42 bits per heavy atom. The summed E-state index contributed by atoms with van der Waals surface area (Å²) in [4.78, 5) is 13.7. The van der Waals surface area contributed by atoms with Crippen LogP contribution >= 0.6 is 0 Å². The van der Waals surface area contributed by atoms with E-state index in [4.69, 9.17) is 4.74 Å². The van der Waals surface area contributed by atoms with E-state index in [1.54, 1.807) is 7.05 Å². The van der Waals surface area contributed by atoms with Crippen LogP contribution in [0.15, 0.2) is 65.8 Å². The van der Waals surface area contributed by atoms with Crippen molar-refractivity contribution >= 4 is 21.7 Å². The van der Waals surface area contributed by atoms with Crippen LogP contribution in [-0.2, 0) is 17.1 Å². The number of hydrogen-bond acceptors (Lipinski definition) is 8. The third-order valence-corrected chi connectivity index (χ3v) is 7.90. The summed E-state index contributed by atoms with van der Waals surface area (Å²) in [5.74, 6) is 0.806. The second kappa shape index (κ2) is 10.4. The molecule has 0 saturated carbocycles. The van der Waals surface area contributed by atoms with Crippen LogP contribution in [-0.4, -0.2) is 66.3 Å². The van der Waals surface area contributed by atoms with Gasteiger partial charge in [0, 0.05) is 62.3 Å². The third kappa shape index (κ3) is 5.48. The highest BCUT2D eigenvalue weighted by atomic mass is 32.2. The van der Waals surface area contributed by atoms with E-state index in [1.165, 1.54) is 17.1 Å². The Hall–Kier alpha value is -3.96. The Morgan fingerprint density at radius 1 is 0.947 bits per heavy atom. The molecule has 0 unspecified atom stereocenters. The van der Waals surface area contributed by atoms with Gasteiger partial charge in [0.2, 0.25) is 11.8 Å². The lowest BCUT2D eigenvalue weighted by Gasteiger charge is -2.34. The molecule has 0 bridgehead atoms. The van der Waals surface area contributed by atoms with Crippen LogP contribution in [0.2, 0.25) is 0 Å². The highest BCUT2D eigenvalue weighted by molar-refractivity contribution is 7.92. The second-order valence-electron chi connectivity index (χ2n) is 9.49. The quantitative estimate of drug-likeness (QED) is 0.382. The van der Waals surface area contributed by atoms with Crippen molar-refractivity contribution in [2.75, 3.05) is 42.8 Å². The minimum Gasteiger partial charge on any atom is -0.438 e. The molecule has 4 aromatic rings. The number of sulfonamides is 1. The Kier molecular flexibility index (Phi) is 7.04. The fraction of sp³-hybridized carbons (Fsp3) is 0.296. The maximum atomic E-state index is 13.0. The average molecular weight is 534 g/mol. The van der Waals surface area contributed by atoms with Gasteiger partial charge in [-0.2, -0.15) is 10.1 Å². The summed E-state index contributed by atoms with van der Waals surface area (Å²) >= 11 is 0. The number of hydrogen-bond donors (Lipinski definition) is 1. The molecule has 5 rings (SSSR count). The number of likely N-dealkylation sites (N-methyl/N-ethyl adjacent to an activating group) is 1. The highest BCUT2D eigenvalue weighted by Crippen LogP contribution is 2.34. The van der Waals surface area contributed by atoms with Crippen LogP contribution in [0.5, 0.6) is 11.6 Å². The van der Waals surface area contributed by atoms with E-state index in [9.17, 15) is 8.42 Å². The van der Waals surface area contributed by atoms with Crippen molar-refractivity contribution in [1.82, 2.24) is 24.6 Å². The molecule has 1 saturated heterocycles. The van der Waals surface area contributed by atoms with Crippen LogP contribution < -0.4 is 14.4 Å². The smallest absolute Gasteiger partial charge is 0.267 e. The number of benzene rings is 2. The Balaban J connectivity index is 1.52. The number of ether oxygens (including phenoxy) is 1. The van der Waals surface area contributed by atoms with Crippen LogP contribution in [0.3, 0.4) is 0 Å². The molecular weight excluding hydrogens is 502 g/mol. The summed E-state index contributed by atoms with van der Waals surface area (Å²) in [6.45, 7) is 7.72. The summed E-state index contributed by atoms with van der Waals surface area (Å²) in [7, 11) is -0.176. The SMILES string of the molecule is Cc1ccccc1-c1nc(NS(=O)(=O)c2cnn(C)c2)nc(Oc2cccc(N3CCN(C)CC3)c2)c1C. The molecule has 0 aliphatic carbocycles. The van der Waals surface area contributed by atoms with Gasteiger partial charge in [0.25, 0.3) is 10.0 Å². The van der Waals surface area contributed by atoms with Gasteiger partial charge in [-0.1, -0.05) is 30.3 Å². The summed E-state index contributed by atoms with van der Waals surface area (Å²) in [5, 5.41) is 3.97. The number of piperazine rings is 1. The van der Waals surface area contributed by atoms with Gasteiger partial charge in [0.05, 0.1) is 11.9 Å². The Labute approximate surface area is 223 Å². The maximum Gasteiger partial charge on any atom is 0.267 e. The van der Waals surface area contributed by atoms with E-state index >= 15 is 0 Å². The monoisotopic (exact) mass is 533 g/mol. The molecule has 0 atom stereocenters. The summed E-state index contributed by atoms with van der Waals surface area (Å²) in [5.41, 5.74) is 4.23. The number of anilines is 2. The van der Waals surface area contributed by atoms with E-state index in [1.807, 2.05) is 56.3 Å². The van der Waals surface area contributed by atoms with E-state index in [2.05, 4.69) is 42.7 Å². The van der Waals surface area contributed by atoms with Crippen molar-refractivity contribution in [1.29, 1.82) is 0 Å². The highest BCUT2D eigenvalue weighted by Gasteiger charge is 2.22. The molecule has 1 aliphatic heterocycles. The van der Waals surface area contributed by atoms with Crippen molar-refractivity contribution in [3.63, 3.8) is 0 Å². The number of nitrogens with one attached hydrogen (secondary N) is 1. The van der Waals surface area contributed by atoms with Crippen LogP contribution in [0.25, 0.3) is 11.3 Å². The van der Waals surface area contributed by atoms with Crippen molar-refractivity contribution in [2.45, 2.75) is 18.7 Å². The van der Waals surface area contributed by atoms with Gasteiger partial charge < -0.3 is 14.5 Å². The minimum atomic E-state index is -3.95. The molecule has 2 aromatic heterocycles. The summed E-state index contributed by atoms with van der Waals surface area (Å²) in [6.07, 6.45) is 2.69. The van der Waals surface area contributed by atoms with Gasteiger partial charge >= 0.3 is 0 Å². The maximum absolute atomic E-state index is 13.0. The fourth-order valence-corrected chi connectivity index (χ4v) is 5.31. The Bertz CT molecular complexity index is 1560. The van der Waals surface area contributed by atoms with Gasteiger partial charge in [0.15, 0.2) is 0 Å².